The van der Waals surface area contributed by atoms with E-state index in [4.69, 9.17) is 11.6 Å². The standard InChI is InChI=1S/C16H13ClF3NO3/c1-9-5-14(22)21(8-11(9)15(23)24-2)7-10-3-4-13(17)12(6-10)16(18,19)20/h3-6,8H,7H2,1-2H3. The fourth-order valence-electron chi connectivity index (χ4n) is 2.20. The van der Waals surface area contributed by atoms with Gasteiger partial charge < -0.3 is 9.30 Å². The van der Waals surface area contributed by atoms with Crippen LogP contribution in [0.1, 0.15) is 27.0 Å². The number of carbonyl (C=O) groups is 1. The number of halogens is 4. The number of nitrogens with zero attached hydrogens (tertiary/aromatic N) is 1. The van der Waals surface area contributed by atoms with Gasteiger partial charge in [-0.1, -0.05) is 17.7 Å². The fraction of sp³-hybridized carbons (Fsp3) is 0.250. The van der Waals surface area contributed by atoms with Crippen LogP contribution in [0.2, 0.25) is 5.02 Å². The van der Waals surface area contributed by atoms with Gasteiger partial charge in [0.2, 0.25) is 0 Å². The summed E-state index contributed by atoms with van der Waals surface area (Å²) in [5, 5.41) is -0.419. The Balaban J connectivity index is 2.45. The lowest BCUT2D eigenvalue weighted by Crippen LogP contribution is -2.23. The maximum absolute atomic E-state index is 12.9. The summed E-state index contributed by atoms with van der Waals surface area (Å²) in [6.07, 6.45) is -3.33. The zero-order valence-electron chi connectivity index (χ0n) is 12.8. The molecule has 2 rings (SSSR count). The Morgan fingerprint density at radius 2 is 1.96 bits per heavy atom. The number of aromatic nitrogens is 1. The number of alkyl halides is 3. The molecule has 0 unspecified atom stereocenters. The summed E-state index contributed by atoms with van der Waals surface area (Å²) >= 11 is 5.57. The van der Waals surface area contributed by atoms with Gasteiger partial charge in [0.25, 0.3) is 5.56 Å². The van der Waals surface area contributed by atoms with E-state index in [-0.39, 0.29) is 17.7 Å². The van der Waals surface area contributed by atoms with Crippen LogP contribution in [-0.4, -0.2) is 17.6 Å². The minimum atomic E-state index is -4.59. The third-order valence-corrected chi connectivity index (χ3v) is 3.76. The Kier molecular flexibility index (Phi) is 5.03. The summed E-state index contributed by atoms with van der Waals surface area (Å²) in [7, 11) is 1.20. The Morgan fingerprint density at radius 1 is 1.29 bits per heavy atom. The Labute approximate surface area is 140 Å². The number of esters is 1. The highest BCUT2D eigenvalue weighted by molar-refractivity contribution is 6.31. The van der Waals surface area contributed by atoms with Crippen LogP contribution >= 0.6 is 11.6 Å². The minimum absolute atomic E-state index is 0.136. The molecule has 0 fully saturated rings. The van der Waals surface area contributed by atoms with Gasteiger partial charge in [0.15, 0.2) is 0 Å². The van der Waals surface area contributed by atoms with Crippen molar-refractivity contribution in [1.82, 2.24) is 4.57 Å². The molecule has 0 aliphatic carbocycles. The largest absolute Gasteiger partial charge is 0.465 e. The zero-order valence-corrected chi connectivity index (χ0v) is 13.5. The number of hydrogen-bond donors (Lipinski definition) is 0. The van der Waals surface area contributed by atoms with Gasteiger partial charge in [-0.05, 0) is 30.2 Å². The molecule has 0 atom stereocenters. The smallest absolute Gasteiger partial charge is 0.417 e. The highest BCUT2D eigenvalue weighted by Crippen LogP contribution is 2.35. The van der Waals surface area contributed by atoms with Crippen LogP contribution in [-0.2, 0) is 17.5 Å². The molecule has 0 spiro atoms. The van der Waals surface area contributed by atoms with E-state index in [0.717, 1.165) is 16.7 Å². The van der Waals surface area contributed by atoms with Gasteiger partial charge in [0, 0.05) is 12.3 Å². The monoisotopic (exact) mass is 359 g/mol. The number of rotatable bonds is 3. The molecule has 8 heteroatoms. The summed E-state index contributed by atoms with van der Waals surface area (Å²) < 4.78 is 44.5. The Bertz CT molecular complexity index is 843. The molecular formula is C16H13ClF3NO3. The first-order chi connectivity index (χ1) is 11.1. The third kappa shape index (κ3) is 3.79. The zero-order chi connectivity index (χ0) is 18.1. The van der Waals surface area contributed by atoms with Crippen LogP contribution in [0.4, 0.5) is 13.2 Å². The molecule has 0 amide bonds. The van der Waals surface area contributed by atoms with Crippen molar-refractivity contribution in [2.45, 2.75) is 19.6 Å². The van der Waals surface area contributed by atoms with Crippen LogP contribution in [0.15, 0.2) is 35.3 Å². The van der Waals surface area contributed by atoms with E-state index in [1.165, 1.54) is 25.4 Å². The van der Waals surface area contributed by atoms with Crippen molar-refractivity contribution < 1.29 is 22.7 Å². The van der Waals surface area contributed by atoms with Crippen molar-refractivity contribution in [2.24, 2.45) is 0 Å². The lowest BCUT2D eigenvalue weighted by Gasteiger charge is -2.13. The van der Waals surface area contributed by atoms with Crippen LogP contribution in [0.3, 0.4) is 0 Å². The van der Waals surface area contributed by atoms with E-state index < -0.39 is 28.3 Å². The molecule has 4 nitrogen and oxygen atoms in total. The second-order valence-electron chi connectivity index (χ2n) is 5.14. The van der Waals surface area contributed by atoms with Gasteiger partial charge in [-0.3, -0.25) is 4.79 Å². The average molecular weight is 360 g/mol. The van der Waals surface area contributed by atoms with Gasteiger partial charge in [0.05, 0.1) is 29.8 Å². The highest BCUT2D eigenvalue weighted by atomic mass is 35.5. The topological polar surface area (TPSA) is 48.3 Å². The van der Waals surface area contributed by atoms with E-state index in [2.05, 4.69) is 4.74 Å². The minimum Gasteiger partial charge on any atom is -0.465 e. The Hall–Kier alpha value is -2.28. The predicted molar refractivity (Wildman–Crippen MR) is 82.3 cm³/mol. The lowest BCUT2D eigenvalue weighted by molar-refractivity contribution is -0.137. The van der Waals surface area contributed by atoms with Gasteiger partial charge in [-0.15, -0.1) is 0 Å². The van der Waals surface area contributed by atoms with E-state index in [0.29, 0.717) is 5.56 Å². The molecule has 1 heterocycles. The molecule has 0 radical (unpaired) electrons. The molecule has 1 aromatic carbocycles. The molecule has 128 valence electrons. The second kappa shape index (κ2) is 6.68. The normalized spacial score (nSPS) is 11.4. The number of aryl methyl sites for hydroxylation is 1. The van der Waals surface area contributed by atoms with Crippen LogP contribution < -0.4 is 5.56 Å². The fourth-order valence-corrected chi connectivity index (χ4v) is 2.42. The SMILES string of the molecule is COC(=O)c1cn(Cc2ccc(Cl)c(C(F)(F)F)c2)c(=O)cc1C. The van der Waals surface area contributed by atoms with E-state index in [1.807, 2.05) is 0 Å². The summed E-state index contributed by atoms with van der Waals surface area (Å²) in [4.78, 5) is 23.7. The number of pyridine rings is 1. The van der Waals surface area contributed by atoms with Crippen LogP contribution in [0.5, 0.6) is 0 Å². The average Bonchev–Trinajstić information content (AvgIpc) is 2.49. The molecule has 0 saturated heterocycles. The second-order valence-corrected chi connectivity index (χ2v) is 5.55. The highest BCUT2D eigenvalue weighted by Gasteiger charge is 2.33. The van der Waals surface area contributed by atoms with Crippen LogP contribution in [0, 0.1) is 6.92 Å². The van der Waals surface area contributed by atoms with Crippen molar-refractivity contribution in [2.75, 3.05) is 7.11 Å². The van der Waals surface area contributed by atoms with Crippen molar-refractivity contribution in [3.63, 3.8) is 0 Å². The van der Waals surface area contributed by atoms with Crippen molar-refractivity contribution in [3.8, 4) is 0 Å². The Morgan fingerprint density at radius 3 is 2.54 bits per heavy atom. The molecule has 0 bridgehead atoms. The van der Waals surface area contributed by atoms with Gasteiger partial charge in [-0.25, -0.2) is 4.79 Å². The summed E-state index contributed by atoms with van der Waals surface area (Å²) in [5.41, 5.74) is -0.593. The molecule has 1 aromatic heterocycles. The van der Waals surface area contributed by atoms with Gasteiger partial charge in [0.1, 0.15) is 0 Å². The van der Waals surface area contributed by atoms with E-state index >= 15 is 0 Å². The number of benzene rings is 1. The quantitative estimate of drug-likeness (QED) is 0.786. The number of carbonyl (C=O) groups excluding carboxylic acids is 1. The predicted octanol–water partition coefficient (Wildman–Crippen LogP) is 3.66. The maximum atomic E-state index is 12.9. The van der Waals surface area contributed by atoms with Gasteiger partial charge in [-0.2, -0.15) is 13.2 Å². The molecular weight excluding hydrogens is 347 g/mol. The number of hydrogen-bond acceptors (Lipinski definition) is 3. The molecule has 2 aromatic rings. The van der Waals surface area contributed by atoms with E-state index in [1.54, 1.807) is 6.92 Å². The number of ether oxygens (including phenoxy) is 1. The first kappa shape index (κ1) is 18.1. The lowest BCUT2D eigenvalue weighted by atomic mass is 10.1. The molecule has 0 aliphatic rings. The number of methoxy groups -OCH3 is 1. The van der Waals surface area contributed by atoms with Crippen molar-refractivity contribution in [1.29, 1.82) is 0 Å². The molecule has 0 saturated carbocycles. The third-order valence-electron chi connectivity index (χ3n) is 3.43. The molecule has 24 heavy (non-hydrogen) atoms. The van der Waals surface area contributed by atoms with Crippen molar-refractivity contribution in [3.05, 3.63) is 68.1 Å². The first-order valence-electron chi connectivity index (χ1n) is 6.78. The van der Waals surface area contributed by atoms with Crippen molar-refractivity contribution >= 4 is 17.6 Å². The molecule has 0 N–H and O–H groups in total. The first-order valence-corrected chi connectivity index (χ1v) is 7.16. The van der Waals surface area contributed by atoms with Crippen LogP contribution in [0.25, 0.3) is 0 Å². The molecule has 0 aliphatic heterocycles. The maximum Gasteiger partial charge on any atom is 0.417 e. The van der Waals surface area contributed by atoms with E-state index in [9.17, 15) is 22.8 Å². The van der Waals surface area contributed by atoms with Gasteiger partial charge >= 0.3 is 12.1 Å². The summed E-state index contributed by atoms with van der Waals surface area (Å²) in [6, 6.07) is 4.63. The summed E-state index contributed by atoms with van der Waals surface area (Å²) in [5.74, 6) is -0.631. The summed E-state index contributed by atoms with van der Waals surface area (Å²) in [6.45, 7) is 1.44.